The van der Waals surface area contributed by atoms with Crippen molar-refractivity contribution in [1.29, 1.82) is 0 Å². The van der Waals surface area contributed by atoms with Crippen LogP contribution in [0.25, 0.3) is 0 Å². The van der Waals surface area contributed by atoms with E-state index in [2.05, 4.69) is 21.2 Å². The van der Waals surface area contributed by atoms with Crippen LogP contribution in [0, 0.1) is 24.0 Å². The van der Waals surface area contributed by atoms with E-state index in [0.29, 0.717) is 20.9 Å². The summed E-state index contributed by atoms with van der Waals surface area (Å²) in [5.41, 5.74) is 2.10. The number of anilines is 1. The van der Waals surface area contributed by atoms with Crippen LogP contribution in [-0.4, -0.2) is 17.4 Å². The molecule has 24 heavy (non-hydrogen) atoms. The number of aryl methyl sites for hydroxylation is 1. The van der Waals surface area contributed by atoms with Gasteiger partial charge in [-0.3, -0.25) is 14.9 Å². The maximum atomic E-state index is 11.9. The van der Waals surface area contributed by atoms with Gasteiger partial charge in [0.1, 0.15) is 5.75 Å². The molecule has 0 saturated heterocycles. The molecule has 2 rings (SSSR count). The Hall–Kier alpha value is -2.12. The van der Waals surface area contributed by atoms with Gasteiger partial charge in [-0.05, 0) is 59.1 Å². The van der Waals surface area contributed by atoms with Gasteiger partial charge >= 0.3 is 0 Å². The number of nitro benzene ring substituents is 1. The van der Waals surface area contributed by atoms with E-state index in [4.69, 9.17) is 16.3 Å². The molecule has 0 atom stereocenters. The number of nitro groups is 1. The summed E-state index contributed by atoms with van der Waals surface area (Å²) in [7, 11) is 0. The molecular formula is C16H14BrClN2O4. The standard InChI is InChI=1S/C16H14BrClN2O4/c1-9-7-13(15(17)10(2)16(9)18)24-8-14(21)19-11-3-5-12(6-4-11)20(22)23/h3-7H,8H2,1-2H3,(H,19,21). The maximum absolute atomic E-state index is 11.9. The Morgan fingerprint density at radius 2 is 1.96 bits per heavy atom. The first-order chi connectivity index (χ1) is 11.3. The van der Waals surface area contributed by atoms with Gasteiger partial charge in [-0.15, -0.1) is 0 Å². The molecule has 6 nitrogen and oxygen atoms in total. The average Bonchev–Trinajstić information content (AvgIpc) is 2.55. The van der Waals surface area contributed by atoms with Crippen LogP contribution >= 0.6 is 27.5 Å². The van der Waals surface area contributed by atoms with Crippen molar-refractivity contribution in [3.8, 4) is 5.75 Å². The Bertz CT molecular complexity index is 794. The minimum absolute atomic E-state index is 0.0414. The first kappa shape index (κ1) is 18.2. The highest BCUT2D eigenvalue weighted by Crippen LogP contribution is 2.35. The molecule has 126 valence electrons. The van der Waals surface area contributed by atoms with E-state index in [1.54, 1.807) is 6.07 Å². The molecule has 0 saturated carbocycles. The number of carbonyl (C=O) groups is 1. The number of rotatable bonds is 5. The smallest absolute Gasteiger partial charge is 0.269 e. The topological polar surface area (TPSA) is 81.5 Å². The Balaban J connectivity index is 2.00. The van der Waals surface area contributed by atoms with Crippen LogP contribution in [0.5, 0.6) is 5.75 Å². The van der Waals surface area contributed by atoms with Crippen LogP contribution < -0.4 is 10.1 Å². The zero-order valence-electron chi connectivity index (χ0n) is 12.9. The molecule has 2 aromatic rings. The van der Waals surface area contributed by atoms with Crippen LogP contribution in [0.1, 0.15) is 11.1 Å². The van der Waals surface area contributed by atoms with Gasteiger partial charge in [-0.1, -0.05) is 11.6 Å². The number of ether oxygens (including phenoxy) is 1. The van der Waals surface area contributed by atoms with E-state index < -0.39 is 4.92 Å². The van der Waals surface area contributed by atoms with Crippen molar-refractivity contribution in [2.24, 2.45) is 0 Å². The third-order valence-corrected chi connectivity index (χ3v) is 4.86. The first-order valence-corrected chi connectivity index (χ1v) is 8.09. The van der Waals surface area contributed by atoms with E-state index in [0.717, 1.165) is 11.1 Å². The second kappa shape index (κ2) is 7.63. The summed E-state index contributed by atoms with van der Waals surface area (Å²) in [6, 6.07) is 7.31. The molecule has 0 bridgehead atoms. The quantitative estimate of drug-likeness (QED) is 0.571. The minimum atomic E-state index is -0.503. The van der Waals surface area contributed by atoms with Crippen molar-refractivity contribution >= 4 is 44.8 Å². The molecule has 0 aliphatic carbocycles. The SMILES string of the molecule is Cc1cc(OCC(=O)Nc2ccc([N+](=O)[O-])cc2)c(Br)c(C)c1Cl. The maximum Gasteiger partial charge on any atom is 0.269 e. The number of halogens is 2. The highest BCUT2D eigenvalue weighted by molar-refractivity contribution is 9.10. The molecule has 0 aliphatic rings. The lowest BCUT2D eigenvalue weighted by Crippen LogP contribution is -2.20. The van der Waals surface area contributed by atoms with Crippen LogP contribution in [0.2, 0.25) is 5.02 Å². The van der Waals surface area contributed by atoms with Gasteiger partial charge in [0.15, 0.2) is 6.61 Å². The molecular weight excluding hydrogens is 400 g/mol. The molecule has 0 heterocycles. The summed E-state index contributed by atoms with van der Waals surface area (Å²) in [6.07, 6.45) is 0. The van der Waals surface area contributed by atoms with Gasteiger partial charge in [-0.25, -0.2) is 0 Å². The normalized spacial score (nSPS) is 10.3. The van der Waals surface area contributed by atoms with Crippen molar-refractivity contribution < 1.29 is 14.5 Å². The van der Waals surface area contributed by atoms with E-state index >= 15 is 0 Å². The lowest BCUT2D eigenvalue weighted by Gasteiger charge is -2.13. The molecule has 1 amide bonds. The monoisotopic (exact) mass is 412 g/mol. The molecule has 0 aromatic heterocycles. The molecule has 2 aromatic carbocycles. The number of hydrogen-bond acceptors (Lipinski definition) is 4. The summed E-state index contributed by atoms with van der Waals surface area (Å²) in [5, 5.41) is 13.8. The Kier molecular flexibility index (Phi) is 5.80. The molecule has 0 spiro atoms. The number of carbonyl (C=O) groups excluding carboxylic acids is 1. The predicted molar refractivity (Wildman–Crippen MR) is 95.8 cm³/mol. The summed E-state index contributed by atoms with van der Waals surface area (Å²) >= 11 is 9.55. The van der Waals surface area contributed by atoms with Gasteiger partial charge in [0.2, 0.25) is 0 Å². The molecule has 8 heteroatoms. The Labute approximate surface area is 152 Å². The fourth-order valence-electron chi connectivity index (χ4n) is 2.01. The molecule has 0 unspecified atom stereocenters. The van der Waals surface area contributed by atoms with Crippen LogP contribution in [0.4, 0.5) is 11.4 Å². The third-order valence-electron chi connectivity index (χ3n) is 3.29. The first-order valence-electron chi connectivity index (χ1n) is 6.92. The van der Waals surface area contributed by atoms with Crippen LogP contribution in [0.15, 0.2) is 34.8 Å². The predicted octanol–water partition coefficient (Wildman–Crippen LogP) is 4.65. The Morgan fingerprint density at radius 3 is 2.54 bits per heavy atom. The van der Waals surface area contributed by atoms with E-state index in [9.17, 15) is 14.9 Å². The van der Waals surface area contributed by atoms with Crippen molar-refractivity contribution in [1.82, 2.24) is 0 Å². The lowest BCUT2D eigenvalue weighted by molar-refractivity contribution is -0.384. The number of nitrogens with zero attached hydrogens (tertiary/aromatic N) is 1. The van der Waals surface area contributed by atoms with Crippen LogP contribution in [0.3, 0.4) is 0 Å². The highest BCUT2D eigenvalue weighted by Gasteiger charge is 2.13. The zero-order valence-corrected chi connectivity index (χ0v) is 15.3. The van der Waals surface area contributed by atoms with E-state index in [-0.39, 0.29) is 18.2 Å². The number of nitrogens with one attached hydrogen (secondary N) is 1. The van der Waals surface area contributed by atoms with Gasteiger partial charge in [-0.2, -0.15) is 0 Å². The summed E-state index contributed by atoms with van der Waals surface area (Å²) in [5.74, 6) is 0.147. The second-order valence-corrected chi connectivity index (χ2v) is 6.26. The molecule has 0 fully saturated rings. The highest BCUT2D eigenvalue weighted by atomic mass is 79.9. The van der Waals surface area contributed by atoms with Gasteiger partial charge in [0, 0.05) is 22.8 Å². The average molecular weight is 414 g/mol. The van der Waals surface area contributed by atoms with E-state index in [1.165, 1.54) is 24.3 Å². The van der Waals surface area contributed by atoms with Gasteiger partial charge in [0.05, 0.1) is 9.40 Å². The van der Waals surface area contributed by atoms with Crippen molar-refractivity contribution in [2.75, 3.05) is 11.9 Å². The number of amides is 1. The van der Waals surface area contributed by atoms with Crippen LogP contribution in [-0.2, 0) is 4.79 Å². The molecule has 1 N–H and O–H groups in total. The molecule has 0 radical (unpaired) electrons. The summed E-state index contributed by atoms with van der Waals surface area (Å²) in [4.78, 5) is 22.0. The third kappa shape index (κ3) is 4.24. The number of hydrogen-bond donors (Lipinski definition) is 1. The number of non-ortho nitro benzene ring substituents is 1. The molecule has 0 aliphatic heterocycles. The fraction of sp³-hybridized carbons (Fsp3) is 0.188. The Morgan fingerprint density at radius 1 is 1.33 bits per heavy atom. The largest absolute Gasteiger partial charge is 0.483 e. The fourth-order valence-corrected chi connectivity index (χ4v) is 2.70. The summed E-state index contributed by atoms with van der Waals surface area (Å²) < 4.78 is 6.22. The number of benzene rings is 2. The van der Waals surface area contributed by atoms with E-state index in [1.807, 2.05) is 13.8 Å². The second-order valence-electron chi connectivity index (χ2n) is 5.09. The summed E-state index contributed by atoms with van der Waals surface area (Å²) in [6.45, 7) is 3.50. The van der Waals surface area contributed by atoms with Gasteiger partial charge < -0.3 is 10.1 Å². The van der Waals surface area contributed by atoms with Crippen molar-refractivity contribution in [3.05, 3.63) is 61.1 Å². The zero-order chi connectivity index (χ0) is 17.9. The van der Waals surface area contributed by atoms with Crippen molar-refractivity contribution in [2.45, 2.75) is 13.8 Å². The minimum Gasteiger partial charge on any atom is -0.483 e. The lowest BCUT2D eigenvalue weighted by atomic mass is 10.1. The van der Waals surface area contributed by atoms with Crippen molar-refractivity contribution in [3.63, 3.8) is 0 Å². The van der Waals surface area contributed by atoms with Gasteiger partial charge in [0.25, 0.3) is 11.6 Å².